The zero-order valence-electron chi connectivity index (χ0n) is 7.93. The molecule has 1 fully saturated rings. The van der Waals surface area contributed by atoms with Gasteiger partial charge >= 0.3 is 0 Å². The van der Waals surface area contributed by atoms with Crippen LogP contribution in [0.4, 0.5) is 0 Å². The molecule has 1 N–H and O–H groups in total. The van der Waals surface area contributed by atoms with Crippen molar-refractivity contribution in [3.05, 3.63) is 33.8 Å². The summed E-state index contributed by atoms with van der Waals surface area (Å²) in [5, 5.41) is 11.2. The topological polar surface area (TPSA) is 20.2 Å². The predicted octanol–water partition coefficient (Wildman–Crippen LogP) is 3.61. The van der Waals surface area contributed by atoms with E-state index in [9.17, 15) is 5.11 Å². The third-order valence-corrected chi connectivity index (χ3v) is 3.57. The van der Waals surface area contributed by atoms with Crippen molar-refractivity contribution >= 4 is 23.2 Å². The molecule has 0 spiro atoms. The van der Waals surface area contributed by atoms with Crippen LogP contribution in [-0.2, 0) is 5.60 Å². The second-order valence-electron chi connectivity index (χ2n) is 4.17. The quantitative estimate of drug-likeness (QED) is 0.782. The molecule has 1 nitrogen and oxygen atoms in total. The molecule has 3 heteroatoms. The highest BCUT2D eigenvalue weighted by Gasteiger charge is 2.41. The Morgan fingerprint density at radius 1 is 1.29 bits per heavy atom. The summed E-state index contributed by atoms with van der Waals surface area (Å²) >= 11 is 11.7. The van der Waals surface area contributed by atoms with Crippen LogP contribution < -0.4 is 0 Å². The van der Waals surface area contributed by atoms with Crippen LogP contribution in [0.2, 0.25) is 10.0 Å². The zero-order valence-corrected chi connectivity index (χ0v) is 9.44. The van der Waals surface area contributed by atoms with Gasteiger partial charge in [-0.1, -0.05) is 36.2 Å². The van der Waals surface area contributed by atoms with Gasteiger partial charge in [-0.25, -0.2) is 0 Å². The molecule has 2 rings (SSSR count). The largest absolute Gasteiger partial charge is 0.385 e. The van der Waals surface area contributed by atoms with E-state index >= 15 is 0 Å². The molecular weight excluding hydrogens is 219 g/mol. The van der Waals surface area contributed by atoms with E-state index in [2.05, 4.69) is 6.92 Å². The Labute approximate surface area is 93.7 Å². The molecule has 1 aromatic carbocycles. The lowest BCUT2D eigenvalue weighted by molar-refractivity contribution is -0.0738. The molecule has 0 saturated heterocycles. The normalized spacial score (nSPS) is 31.3. The van der Waals surface area contributed by atoms with Crippen LogP contribution in [0.25, 0.3) is 0 Å². The summed E-state index contributed by atoms with van der Waals surface area (Å²) < 4.78 is 0. The van der Waals surface area contributed by atoms with Crippen molar-refractivity contribution in [2.75, 3.05) is 0 Å². The highest BCUT2D eigenvalue weighted by molar-refractivity contribution is 6.42. The molecule has 0 atom stereocenters. The first kappa shape index (κ1) is 10.3. The molecule has 0 amide bonds. The first-order valence-corrected chi connectivity index (χ1v) is 5.45. The van der Waals surface area contributed by atoms with Crippen molar-refractivity contribution < 1.29 is 5.11 Å². The van der Waals surface area contributed by atoms with E-state index in [1.54, 1.807) is 12.1 Å². The van der Waals surface area contributed by atoms with Gasteiger partial charge in [0.25, 0.3) is 0 Å². The van der Waals surface area contributed by atoms with Crippen molar-refractivity contribution in [2.45, 2.75) is 25.4 Å². The van der Waals surface area contributed by atoms with Gasteiger partial charge in [0.2, 0.25) is 0 Å². The third kappa shape index (κ3) is 1.65. The van der Waals surface area contributed by atoms with Crippen molar-refractivity contribution in [2.24, 2.45) is 5.92 Å². The van der Waals surface area contributed by atoms with Crippen LogP contribution in [0.15, 0.2) is 18.2 Å². The Morgan fingerprint density at radius 3 is 2.43 bits per heavy atom. The van der Waals surface area contributed by atoms with Crippen LogP contribution in [0.3, 0.4) is 0 Å². The Balaban J connectivity index is 2.29. The molecule has 1 aliphatic carbocycles. The minimum atomic E-state index is -0.673. The molecule has 0 aromatic heterocycles. The van der Waals surface area contributed by atoms with Crippen LogP contribution in [-0.4, -0.2) is 5.11 Å². The average molecular weight is 231 g/mol. The van der Waals surface area contributed by atoms with E-state index in [0.29, 0.717) is 16.0 Å². The third-order valence-electron chi connectivity index (χ3n) is 2.83. The van der Waals surface area contributed by atoms with Gasteiger partial charge < -0.3 is 5.11 Å². The van der Waals surface area contributed by atoms with Crippen LogP contribution in [0, 0.1) is 5.92 Å². The maximum Gasteiger partial charge on any atom is 0.0902 e. The number of benzene rings is 1. The summed E-state index contributed by atoms with van der Waals surface area (Å²) in [5.41, 5.74) is 0.207. The van der Waals surface area contributed by atoms with E-state index in [1.165, 1.54) is 0 Å². The summed E-state index contributed by atoms with van der Waals surface area (Å²) in [4.78, 5) is 0. The lowest BCUT2D eigenvalue weighted by Crippen LogP contribution is -2.39. The van der Waals surface area contributed by atoms with Crippen LogP contribution in [0.5, 0.6) is 0 Å². The molecule has 76 valence electrons. The number of halogens is 2. The molecule has 1 aliphatic rings. The molecule has 0 bridgehead atoms. The van der Waals surface area contributed by atoms with Crippen molar-refractivity contribution in [1.82, 2.24) is 0 Å². The molecule has 0 aliphatic heterocycles. The number of hydrogen-bond acceptors (Lipinski definition) is 1. The second kappa shape index (κ2) is 3.41. The molecule has 0 unspecified atom stereocenters. The van der Waals surface area contributed by atoms with Gasteiger partial charge in [0, 0.05) is 0 Å². The SMILES string of the molecule is CC1CC(O)(c2ccc(Cl)c(Cl)c2)C1. The van der Waals surface area contributed by atoms with Gasteiger partial charge in [0.05, 0.1) is 15.6 Å². The highest BCUT2D eigenvalue weighted by Crippen LogP contribution is 2.46. The van der Waals surface area contributed by atoms with E-state index in [0.717, 1.165) is 18.4 Å². The number of aliphatic hydroxyl groups is 1. The Hall–Kier alpha value is -0.240. The van der Waals surface area contributed by atoms with E-state index in [1.807, 2.05) is 6.07 Å². The molecule has 0 radical (unpaired) electrons. The fourth-order valence-electron chi connectivity index (χ4n) is 2.11. The maximum absolute atomic E-state index is 10.2. The van der Waals surface area contributed by atoms with Gasteiger partial charge in [-0.15, -0.1) is 0 Å². The number of hydrogen-bond donors (Lipinski definition) is 1. The Kier molecular flexibility index (Phi) is 2.50. The molecular formula is C11H12Cl2O. The second-order valence-corrected chi connectivity index (χ2v) is 4.99. The highest BCUT2D eigenvalue weighted by atomic mass is 35.5. The fourth-order valence-corrected chi connectivity index (χ4v) is 2.41. The van der Waals surface area contributed by atoms with Crippen molar-refractivity contribution in [1.29, 1.82) is 0 Å². The summed E-state index contributed by atoms with van der Waals surface area (Å²) in [5.74, 6) is 0.592. The zero-order chi connectivity index (χ0) is 10.3. The fraction of sp³-hybridized carbons (Fsp3) is 0.455. The summed E-state index contributed by atoms with van der Waals surface area (Å²) in [6.07, 6.45) is 1.62. The van der Waals surface area contributed by atoms with Gasteiger partial charge in [-0.2, -0.15) is 0 Å². The standard InChI is InChI=1S/C11H12Cl2O/c1-7-5-11(14,6-7)8-2-3-9(12)10(13)4-8/h2-4,7,14H,5-6H2,1H3. The smallest absolute Gasteiger partial charge is 0.0902 e. The number of rotatable bonds is 1. The summed E-state index contributed by atoms with van der Waals surface area (Å²) in [6, 6.07) is 5.34. The van der Waals surface area contributed by atoms with Crippen molar-refractivity contribution in [3.63, 3.8) is 0 Å². The van der Waals surface area contributed by atoms with E-state index in [4.69, 9.17) is 23.2 Å². The molecule has 14 heavy (non-hydrogen) atoms. The lowest BCUT2D eigenvalue weighted by Gasteiger charge is -2.42. The van der Waals surface area contributed by atoms with Gasteiger partial charge in [0.1, 0.15) is 0 Å². The minimum absolute atomic E-state index is 0.511. The Morgan fingerprint density at radius 2 is 1.93 bits per heavy atom. The lowest BCUT2D eigenvalue weighted by atomic mass is 9.68. The molecule has 1 saturated carbocycles. The summed E-state index contributed by atoms with van der Waals surface area (Å²) in [6.45, 7) is 2.13. The molecule has 1 aromatic rings. The van der Waals surface area contributed by atoms with E-state index < -0.39 is 5.60 Å². The average Bonchev–Trinajstić information content (AvgIpc) is 2.07. The minimum Gasteiger partial charge on any atom is -0.385 e. The van der Waals surface area contributed by atoms with E-state index in [-0.39, 0.29) is 0 Å². The monoisotopic (exact) mass is 230 g/mol. The van der Waals surface area contributed by atoms with Crippen LogP contribution in [0.1, 0.15) is 25.3 Å². The first-order valence-electron chi connectivity index (χ1n) is 4.69. The maximum atomic E-state index is 10.2. The van der Waals surface area contributed by atoms with Gasteiger partial charge in [-0.05, 0) is 36.5 Å². The summed E-state index contributed by atoms with van der Waals surface area (Å²) in [7, 11) is 0. The van der Waals surface area contributed by atoms with Gasteiger partial charge in [0.15, 0.2) is 0 Å². The Bertz CT molecular complexity index is 356. The predicted molar refractivity (Wildman–Crippen MR) is 58.8 cm³/mol. The van der Waals surface area contributed by atoms with Gasteiger partial charge in [-0.3, -0.25) is 0 Å². The first-order chi connectivity index (χ1) is 6.51. The van der Waals surface area contributed by atoms with Crippen LogP contribution >= 0.6 is 23.2 Å². The van der Waals surface area contributed by atoms with Crippen molar-refractivity contribution in [3.8, 4) is 0 Å². The molecule has 0 heterocycles.